The van der Waals surface area contributed by atoms with Crippen LogP contribution >= 0.6 is 10.6 Å². The van der Waals surface area contributed by atoms with Crippen LogP contribution in [0.1, 0.15) is 23.1 Å². The molecule has 2 saturated heterocycles. The van der Waals surface area contributed by atoms with Crippen molar-refractivity contribution in [1.29, 1.82) is 0 Å². The van der Waals surface area contributed by atoms with Crippen LogP contribution in [0.4, 0.5) is 30.7 Å². The van der Waals surface area contributed by atoms with Crippen molar-refractivity contribution in [3.05, 3.63) is 70.5 Å². The Labute approximate surface area is 207 Å². The second-order valence-corrected chi connectivity index (χ2v) is 11.7. The van der Waals surface area contributed by atoms with Gasteiger partial charge < -0.3 is 9.74 Å². The van der Waals surface area contributed by atoms with Crippen LogP contribution < -0.4 is 0 Å². The number of nitrogens with zero attached hydrogens (tertiary/aromatic N) is 2. The Balaban J connectivity index is 1.30. The van der Waals surface area contributed by atoms with Crippen LogP contribution in [0.25, 0.3) is 0 Å². The highest BCUT2D eigenvalue weighted by atomic mass is 32.3. The largest absolute Gasteiger partial charge is 0.435 e. The zero-order chi connectivity index (χ0) is 27.0. The number of likely N-dealkylation sites (tertiary alicyclic amines) is 1. The monoisotopic (exact) mass is 552 g/mol. The molecule has 3 aliphatic heterocycles. The molecule has 2 aromatic rings. The van der Waals surface area contributed by atoms with Crippen molar-refractivity contribution in [2.45, 2.75) is 23.9 Å². The van der Waals surface area contributed by atoms with Crippen LogP contribution in [0.2, 0.25) is 0 Å². The zero-order valence-electron chi connectivity index (χ0n) is 18.7. The molecule has 3 heterocycles. The molecule has 37 heavy (non-hydrogen) atoms. The summed E-state index contributed by atoms with van der Waals surface area (Å²) in [4.78, 5) is 18.3. The average Bonchev–Trinajstić information content (AvgIpc) is 3.25. The summed E-state index contributed by atoms with van der Waals surface area (Å²) in [6.45, 7) is -0.520. The minimum absolute atomic E-state index is 0.0445. The molecular weight excluding hydrogens is 533 g/mol. The Kier molecular flexibility index (Phi) is 5.81. The first-order valence-corrected chi connectivity index (χ1v) is 12.8. The molecule has 1 atom stereocenters. The number of oxime groups is 1. The fraction of sp³-hybridized carbons (Fsp3) is 0.391. The van der Waals surface area contributed by atoms with Crippen molar-refractivity contribution in [2.75, 3.05) is 24.6 Å². The number of hydrogen-bond acceptors (Lipinski definition) is 5. The first kappa shape index (κ1) is 25.8. The maximum Gasteiger partial charge on any atom is 0.435 e. The third-order valence-corrected chi connectivity index (χ3v) is 8.72. The predicted molar refractivity (Wildman–Crippen MR) is 118 cm³/mol. The van der Waals surface area contributed by atoms with Gasteiger partial charge >= 0.3 is 6.18 Å². The molecule has 1 amide bonds. The highest BCUT2D eigenvalue weighted by molar-refractivity contribution is 8.25. The lowest BCUT2D eigenvalue weighted by atomic mass is 9.84. The summed E-state index contributed by atoms with van der Waals surface area (Å²) in [5.74, 6) is -6.57. The molecule has 1 unspecified atom stereocenters. The Morgan fingerprint density at radius 1 is 1.03 bits per heavy atom. The molecule has 14 heteroatoms. The van der Waals surface area contributed by atoms with Crippen molar-refractivity contribution >= 4 is 22.2 Å². The normalized spacial score (nSPS) is 25.5. The Hall–Kier alpha value is -2.84. The summed E-state index contributed by atoms with van der Waals surface area (Å²) in [6.07, 6.45) is -6.14. The number of carbonyl (C=O) groups is 1. The van der Waals surface area contributed by atoms with E-state index in [4.69, 9.17) is 0 Å². The Morgan fingerprint density at radius 2 is 1.59 bits per heavy atom. The topological polar surface area (TPSA) is 82.4 Å². The van der Waals surface area contributed by atoms with Gasteiger partial charge in [-0.2, -0.15) is 23.8 Å². The number of benzene rings is 2. The van der Waals surface area contributed by atoms with Gasteiger partial charge in [0.05, 0.1) is 36.2 Å². The van der Waals surface area contributed by atoms with Gasteiger partial charge in [0.2, 0.25) is 5.91 Å². The van der Waals surface area contributed by atoms with Crippen LogP contribution in [0.5, 0.6) is 0 Å². The fourth-order valence-electron chi connectivity index (χ4n) is 4.70. The van der Waals surface area contributed by atoms with Crippen LogP contribution in [-0.4, -0.2) is 56.4 Å². The summed E-state index contributed by atoms with van der Waals surface area (Å²) >= 11 is 0. The lowest BCUT2D eigenvalue weighted by molar-refractivity contribution is -0.276. The summed E-state index contributed by atoms with van der Waals surface area (Å²) in [5, 5.41) is 3.46. The molecule has 0 radical (unpaired) electrons. The van der Waals surface area contributed by atoms with Crippen molar-refractivity contribution in [1.82, 2.24) is 4.90 Å². The molecule has 6 nitrogen and oxygen atoms in total. The molecule has 0 spiro atoms. The summed E-state index contributed by atoms with van der Waals surface area (Å²) in [7, 11) is -2.72. The van der Waals surface area contributed by atoms with E-state index in [0.29, 0.717) is 0 Å². The second-order valence-electron chi connectivity index (χ2n) is 9.45. The van der Waals surface area contributed by atoms with E-state index in [9.17, 15) is 40.2 Å². The Morgan fingerprint density at radius 3 is 2.11 bits per heavy atom. The van der Waals surface area contributed by atoms with Crippen LogP contribution in [0, 0.1) is 23.4 Å². The lowest BCUT2D eigenvalue weighted by Crippen LogP contribution is -2.62. The summed E-state index contributed by atoms with van der Waals surface area (Å²) in [5.41, 5.74) is -6.07. The molecule has 5 rings (SSSR count). The third-order valence-electron chi connectivity index (χ3n) is 6.85. The molecule has 3 aliphatic rings. The number of halogens is 7. The number of rotatable bonds is 4. The van der Waals surface area contributed by atoms with Gasteiger partial charge in [-0.05, 0) is 23.3 Å². The predicted octanol–water partition coefficient (Wildman–Crippen LogP) is 5.07. The number of carbonyl (C=O) groups excluding carboxylic acids is 1. The zero-order valence-corrected chi connectivity index (χ0v) is 19.6. The average molecular weight is 552 g/mol. The molecular formula is C23H19F7N2O4S. The molecule has 200 valence electrons. The molecule has 2 N–H and O–H groups in total. The minimum Gasteiger partial charge on any atom is -0.374 e. The van der Waals surface area contributed by atoms with Crippen LogP contribution in [0.15, 0.2) is 41.6 Å². The lowest BCUT2D eigenvalue weighted by Gasteiger charge is -2.51. The standard InChI is InChI=1S/C23H19F7N2O4S/c24-16-5-15(6-17(25)19(16)26)22(23(28,29)30)7-18(31-36-22)12-1-3-14(4-2-12)21(27)10-32(11-21)20(33)13-8-37(34,35)9-13/h1-6,13,34-35H,7-11H2. The number of hydrogen-bond donors (Lipinski definition) is 2. The van der Waals surface area contributed by atoms with E-state index in [1.165, 1.54) is 29.2 Å². The van der Waals surface area contributed by atoms with Crippen molar-refractivity contribution in [3.63, 3.8) is 0 Å². The van der Waals surface area contributed by atoms with Crippen molar-refractivity contribution < 1.29 is 49.5 Å². The van der Waals surface area contributed by atoms with Crippen LogP contribution in [-0.2, 0) is 20.9 Å². The van der Waals surface area contributed by atoms with Gasteiger partial charge in [-0.15, -0.1) is 0 Å². The molecule has 2 aromatic carbocycles. The van der Waals surface area contributed by atoms with Gasteiger partial charge in [0.25, 0.3) is 5.60 Å². The first-order chi connectivity index (χ1) is 17.1. The highest BCUT2D eigenvalue weighted by Crippen LogP contribution is 2.53. The quantitative estimate of drug-likeness (QED) is 0.410. The first-order valence-electron chi connectivity index (χ1n) is 10.9. The molecule has 0 aliphatic carbocycles. The minimum atomic E-state index is -5.17. The summed E-state index contributed by atoms with van der Waals surface area (Å²) in [6, 6.07) is 5.67. The second kappa shape index (κ2) is 8.33. The van der Waals surface area contributed by atoms with E-state index in [-0.39, 0.29) is 59.5 Å². The number of amides is 1. The van der Waals surface area contributed by atoms with Gasteiger partial charge in [-0.25, -0.2) is 17.6 Å². The van der Waals surface area contributed by atoms with Crippen molar-refractivity contribution in [3.8, 4) is 0 Å². The smallest absolute Gasteiger partial charge is 0.374 e. The van der Waals surface area contributed by atoms with E-state index in [2.05, 4.69) is 9.99 Å². The van der Waals surface area contributed by atoms with Gasteiger partial charge in [0, 0.05) is 12.0 Å². The fourth-order valence-corrected chi connectivity index (χ4v) is 6.18. The van der Waals surface area contributed by atoms with E-state index in [1.54, 1.807) is 0 Å². The van der Waals surface area contributed by atoms with Crippen LogP contribution in [0.3, 0.4) is 0 Å². The van der Waals surface area contributed by atoms with E-state index in [0.717, 1.165) is 0 Å². The molecule has 0 bridgehead atoms. The Bertz CT molecular complexity index is 1260. The van der Waals surface area contributed by atoms with E-state index >= 15 is 4.39 Å². The SMILES string of the molecule is O=C(C1CS(O)(O)C1)N1CC(F)(c2ccc(C3=NOC(c4cc(F)c(F)c(F)c4)(C(F)(F)F)C3)cc2)C1. The maximum atomic E-state index is 15.3. The third kappa shape index (κ3) is 4.24. The van der Waals surface area contributed by atoms with Gasteiger partial charge in [-0.1, -0.05) is 29.4 Å². The van der Waals surface area contributed by atoms with E-state index in [1.807, 2.05) is 0 Å². The van der Waals surface area contributed by atoms with E-state index < -0.39 is 63.4 Å². The molecule has 0 saturated carbocycles. The maximum absolute atomic E-state index is 15.3. The highest BCUT2D eigenvalue weighted by Gasteiger charge is 2.62. The van der Waals surface area contributed by atoms with Gasteiger partial charge in [-0.3, -0.25) is 13.9 Å². The summed E-state index contributed by atoms with van der Waals surface area (Å²) < 4.78 is 117. The van der Waals surface area contributed by atoms with Gasteiger partial charge in [0.1, 0.15) is 0 Å². The molecule has 2 fully saturated rings. The molecule has 0 aromatic heterocycles. The van der Waals surface area contributed by atoms with Crippen molar-refractivity contribution in [2.24, 2.45) is 11.1 Å². The van der Waals surface area contributed by atoms with Gasteiger partial charge in [0.15, 0.2) is 23.1 Å². The number of alkyl halides is 4.